The molecule has 0 aliphatic rings. The van der Waals surface area contributed by atoms with Gasteiger partial charge in [-0.05, 0) is 18.1 Å². The van der Waals surface area contributed by atoms with Crippen LogP contribution < -0.4 is 4.90 Å². The molecule has 1 aromatic carbocycles. The normalized spacial score (nSPS) is 10.2. The van der Waals surface area contributed by atoms with Crippen LogP contribution in [0.25, 0.3) is 0 Å². The van der Waals surface area contributed by atoms with Crippen LogP contribution >= 0.6 is 0 Å². The van der Waals surface area contributed by atoms with E-state index < -0.39 is 11.9 Å². The second kappa shape index (κ2) is 5.30. The SMILES string of the molecule is CC(C)CN(C(=O)C(=O)O)c1ccccc1. The van der Waals surface area contributed by atoms with Crippen LogP contribution in [-0.4, -0.2) is 23.5 Å². The van der Waals surface area contributed by atoms with Crippen LogP contribution in [-0.2, 0) is 9.59 Å². The van der Waals surface area contributed by atoms with Crippen molar-refractivity contribution in [2.75, 3.05) is 11.4 Å². The number of rotatable bonds is 3. The number of para-hydroxylation sites is 1. The van der Waals surface area contributed by atoms with E-state index in [1.165, 1.54) is 4.90 Å². The topological polar surface area (TPSA) is 57.6 Å². The molecule has 4 heteroatoms. The molecule has 1 amide bonds. The number of hydrogen-bond donors (Lipinski definition) is 1. The Hall–Kier alpha value is -1.84. The number of anilines is 1. The number of amides is 1. The molecule has 4 nitrogen and oxygen atoms in total. The molecule has 86 valence electrons. The highest BCUT2D eigenvalue weighted by Crippen LogP contribution is 2.15. The van der Waals surface area contributed by atoms with Gasteiger partial charge in [0.15, 0.2) is 0 Å². The molecule has 16 heavy (non-hydrogen) atoms. The fourth-order valence-electron chi connectivity index (χ4n) is 1.39. The van der Waals surface area contributed by atoms with Crippen molar-refractivity contribution in [3.8, 4) is 0 Å². The van der Waals surface area contributed by atoms with Crippen molar-refractivity contribution in [3.63, 3.8) is 0 Å². The minimum absolute atomic E-state index is 0.212. The largest absolute Gasteiger partial charge is 0.474 e. The summed E-state index contributed by atoms with van der Waals surface area (Å²) in [6.45, 7) is 4.27. The van der Waals surface area contributed by atoms with Crippen molar-refractivity contribution in [2.24, 2.45) is 5.92 Å². The van der Waals surface area contributed by atoms with E-state index in [9.17, 15) is 9.59 Å². The lowest BCUT2D eigenvalue weighted by Crippen LogP contribution is -2.38. The van der Waals surface area contributed by atoms with Crippen LogP contribution in [0.4, 0.5) is 5.69 Å². The lowest BCUT2D eigenvalue weighted by atomic mass is 10.2. The molecule has 1 rings (SSSR count). The average Bonchev–Trinajstić information content (AvgIpc) is 2.26. The van der Waals surface area contributed by atoms with Crippen LogP contribution in [0.15, 0.2) is 30.3 Å². The summed E-state index contributed by atoms with van der Waals surface area (Å²) in [5.74, 6) is -2.10. The van der Waals surface area contributed by atoms with Crippen molar-refractivity contribution in [1.82, 2.24) is 0 Å². The van der Waals surface area contributed by atoms with Crippen molar-refractivity contribution in [1.29, 1.82) is 0 Å². The van der Waals surface area contributed by atoms with Gasteiger partial charge in [-0.1, -0.05) is 32.0 Å². The van der Waals surface area contributed by atoms with E-state index in [0.29, 0.717) is 12.2 Å². The van der Waals surface area contributed by atoms with Crippen LogP contribution in [0.1, 0.15) is 13.8 Å². The molecule has 0 aliphatic carbocycles. The van der Waals surface area contributed by atoms with Crippen LogP contribution in [0.2, 0.25) is 0 Å². The first-order valence-corrected chi connectivity index (χ1v) is 5.12. The fourth-order valence-corrected chi connectivity index (χ4v) is 1.39. The maximum absolute atomic E-state index is 11.5. The lowest BCUT2D eigenvalue weighted by Gasteiger charge is -2.22. The van der Waals surface area contributed by atoms with Crippen molar-refractivity contribution in [2.45, 2.75) is 13.8 Å². The average molecular weight is 221 g/mol. The predicted octanol–water partition coefficient (Wildman–Crippen LogP) is 1.76. The maximum atomic E-state index is 11.5. The number of aliphatic carboxylic acids is 1. The third-order valence-corrected chi connectivity index (χ3v) is 2.04. The van der Waals surface area contributed by atoms with Crippen molar-refractivity contribution in [3.05, 3.63) is 30.3 Å². The van der Waals surface area contributed by atoms with Crippen molar-refractivity contribution < 1.29 is 14.7 Å². The standard InChI is InChI=1S/C12H15NO3/c1-9(2)8-13(11(14)12(15)16)10-6-4-3-5-7-10/h3-7,9H,8H2,1-2H3,(H,15,16). The quantitative estimate of drug-likeness (QED) is 0.791. The van der Waals surface area contributed by atoms with E-state index in [4.69, 9.17) is 5.11 Å². The van der Waals surface area contributed by atoms with Gasteiger partial charge >= 0.3 is 11.9 Å². The van der Waals surface area contributed by atoms with E-state index in [0.717, 1.165) is 0 Å². The highest BCUT2D eigenvalue weighted by Gasteiger charge is 2.22. The molecule has 1 aromatic rings. The fraction of sp³-hybridized carbons (Fsp3) is 0.333. The second-order valence-corrected chi connectivity index (χ2v) is 3.95. The molecule has 0 radical (unpaired) electrons. The van der Waals surface area contributed by atoms with Gasteiger partial charge in [-0.2, -0.15) is 0 Å². The summed E-state index contributed by atoms with van der Waals surface area (Å²) in [5, 5.41) is 8.74. The lowest BCUT2D eigenvalue weighted by molar-refractivity contribution is -0.148. The van der Waals surface area contributed by atoms with Crippen LogP contribution in [0, 0.1) is 5.92 Å². The minimum Gasteiger partial charge on any atom is -0.474 e. The summed E-state index contributed by atoms with van der Waals surface area (Å²) >= 11 is 0. The summed E-state index contributed by atoms with van der Waals surface area (Å²) in [6, 6.07) is 8.82. The Kier molecular flexibility index (Phi) is 4.05. The maximum Gasteiger partial charge on any atom is 0.394 e. The van der Waals surface area contributed by atoms with Gasteiger partial charge in [0.1, 0.15) is 0 Å². The number of benzene rings is 1. The van der Waals surface area contributed by atoms with Crippen molar-refractivity contribution >= 4 is 17.6 Å². The zero-order valence-electron chi connectivity index (χ0n) is 9.38. The molecule has 0 unspecified atom stereocenters. The van der Waals surface area contributed by atoms with Gasteiger partial charge in [-0.25, -0.2) is 4.79 Å². The van der Waals surface area contributed by atoms with Gasteiger partial charge in [0.25, 0.3) is 0 Å². The van der Waals surface area contributed by atoms with Gasteiger partial charge in [-0.3, -0.25) is 4.79 Å². The molecule has 0 saturated carbocycles. The molecule has 0 atom stereocenters. The number of carbonyl (C=O) groups excluding carboxylic acids is 1. The number of nitrogens with zero attached hydrogens (tertiary/aromatic N) is 1. The third-order valence-electron chi connectivity index (χ3n) is 2.04. The molecule has 0 saturated heterocycles. The number of carbonyl (C=O) groups is 2. The first-order chi connectivity index (χ1) is 7.52. The van der Waals surface area contributed by atoms with E-state index in [1.807, 2.05) is 19.9 Å². The summed E-state index contributed by atoms with van der Waals surface area (Å²) in [7, 11) is 0. The second-order valence-electron chi connectivity index (χ2n) is 3.95. The molecular weight excluding hydrogens is 206 g/mol. The molecular formula is C12H15NO3. The van der Waals surface area contributed by atoms with E-state index >= 15 is 0 Å². The number of hydrogen-bond acceptors (Lipinski definition) is 2. The Labute approximate surface area is 94.5 Å². The Morgan fingerprint density at radius 3 is 2.25 bits per heavy atom. The Balaban J connectivity index is 2.96. The Morgan fingerprint density at radius 1 is 1.25 bits per heavy atom. The zero-order valence-corrected chi connectivity index (χ0v) is 9.38. The van der Waals surface area contributed by atoms with E-state index in [2.05, 4.69) is 0 Å². The molecule has 0 aliphatic heterocycles. The Morgan fingerprint density at radius 2 is 1.81 bits per heavy atom. The monoisotopic (exact) mass is 221 g/mol. The van der Waals surface area contributed by atoms with Crippen LogP contribution in [0.3, 0.4) is 0 Å². The summed E-state index contributed by atoms with van der Waals surface area (Å²) < 4.78 is 0. The first kappa shape index (κ1) is 12.2. The molecule has 1 N–H and O–H groups in total. The highest BCUT2D eigenvalue weighted by molar-refractivity contribution is 6.37. The van der Waals surface area contributed by atoms with Crippen LogP contribution in [0.5, 0.6) is 0 Å². The highest BCUT2D eigenvalue weighted by atomic mass is 16.4. The first-order valence-electron chi connectivity index (χ1n) is 5.12. The van der Waals surface area contributed by atoms with Gasteiger partial charge < -0.3 is 10.0 Å². The molecule has 0 spiro atoms. The predicted molar refractivity (Wildman–Crippen MR) is 61.3 cm³/mol. The third kappa shape index (κ3) is 3.08. The Bertz CT molecular complexity index is 373. The van der Waals surface area contributed by atoms with E-state index in [1.54, 1.807) is 24.3 Å². The smallest absolute Gasteiger partial charge is 0.394 e. The molecule has 0 fully saturated rings. The molecule has 0 aromatic heterocycles. The van der Waals surface area contributed by atoms with Gasteiger partial charge in [0.2, 0.25) is 0 Å². The van der Waals surface area contributed by atoms with Gasteiger partial charge in [0, 0.05) is 12.2 Å². The summed E-state index contributed by atoms with van der Waals surface area (Å²) in [5.41, 5.74) is 0.614. The molecule has 0 heterocycles. The number of carboxylic acids is 1. The zero-order chi connectivity index (χ0) is 12.1. The number of carboxylic acid groups (broad SMARTS) is 1. The summed E-state index contributed by atoms with van der Waals surface area (Å²) in [6.07, 6.45) is 0. The van der Waals surface area contributed by atoms with Gasteiger partial charge in [0.05, 0.1) is 0 Å². The van der Waals surface area contributed by atoms with E-state index in [-0.39, 0.29) is 5.92 Å². The minimum atomic E-state index is -1.43. The van der Waals surface area contributed by atoms with Gasteiger partial charge in [-0.15, -0.1) is 0 Å². The summed E-state index contributed by atoms with van der Waals surface area (Å²) in [4.78, 5) is 23.5. The molecule has 0 bridgehead atoms.